The first-order chi connectivity index (χ1) is 20.6. The molecular formula is C28H17Cl3F6N4O3. The Morgan fingerprint density at radius 2 is 1.61 bits per heavy atom. The van der Waals surface area contributed by atoms with Crippen LogP contribution in [0.4, 0.5) is 43.4 Å². The van der Waals surface area contributed by atoms with Crippen LogP contribution < -0.4 is 16.0 Å². The summed E-state index contributed by atoms with van der Waals surface area (Å²) >= 11 is 18.5. The molecule has 230 valence electrons. The van der Waals surface area contributed by atoms with Crippen LogP contribution in [0.3, 0.4) is 0 Å². The molecule has 2 atom stereocenters. The zero-order valence-corrected chi connectivity index (χ0v) is 24.0. The number of anilines is 3. The molecule has 0 spiro atoms. The van der Waals surface area contributed by atoms with Crippen molar-refractivity contribution in [1.29, 1.82) is 5.26 Å². The molecule has 16 heteroatoms. The molecule has 44 heavy (non-hydrogen) atoms. The first kappa shape index (κ1) is 32.9. The van der Waals surface area contributed by atoms with E-state index in [-0.39, 0.29) is 34.7 Å². The van der Waals surface area contributed by atoms with Gasteiger partial charge >= 0.3 is 6.18 Å². The first-order valence-corrected chi connectivity index (χ1v) is 13.5. The summed E-state index contributed by atoms with van der Waals surface area (Å²) in [5.74, 6) is -9.04. The van der Waals surface area contributed by atoms with Crippen molar-refractivity contribution in [2.24, 2.45) is 5.92 Å². The Bertz CT molecular complexity index is 1710. The van der Waals surface area contributed by atoms with Gasteiger partial charge in [-0.3, -0.25) is 14.4 Å². The van der Waals surface area contributed by atoms with Gasteiger partial charge in [-0.2, -0.15) is 18.4 Å². The van der Waals surface area contributed by atoms with Crippen LogP contribution in [0.5, 0.6) is 0 Å². The lowest BCUT2D eigenvalue weighted by Gasteiger charge is -2.13. The van der Waals surface area contributed by atoms with E-state index in [2.05, 4.69) is 10.6 Å². The number of carbonyl (C=O) groups is 3. The summed E-state index contributed by atoms with van der Waals surface area (Å²) in [6.07, 6.45) is -5.52. The normalized spacial score (nSPS) is 16.9. The molecule has 3 N–H and O–H groups in total. The van der Waals surface area contributed by atoms with Crippen LogP contribution in [0.1, 0.15) is 40.2 Å². The predicted octanol–water partition coefficient (Wildman–Crippen LogP) is 7.80. The zero-order chi connectivity index (χ0) is 32.6. The fourth-order valence-electron chi connectivity index (χ4n) is 4.34. The molecule has 0 bridgehead atoms. The van der Waals surface area contributed by atoms with Gasteiger partial charge in [0.05, 0.1) is 33.8 Å². The predicted molar refractivity (Wildman–Crippen MR) is 150 cm³/mol. The second-order valence-electron chi connectivity index (χ2n) is 9.50. The minimum Gasteiger partial charge on any atom is -0.326 e. The standard InChI is InChI=1S/C28H17Cl3F6N4O3/c29-16-5-4-13(39-26(44)22-21(27(22,30)31)12-3-6-17(32)15(10-12)28(35,36)37)11-14(16)25(43)40-19-8-7-18(33)24(23(19)34)41-20(42)2-1-9-38/h3-8,10-11,21-22H,1-2H2,(H,39,44)(H,40,43)(H,41,42)/t21-,22+/m0/s1. The van der Waals surface area contributed by atoms with E-state index in [9.17, 15) is 40.7 Å². The summed E-state index contributed by atoms with van der Waals surface area (Å²) in [4.78, 5) is 37.8. The van der Waals surface area contributed by atoms with Crippen LogP contribution in [0.25, 0.3) is 0 Å². The number of hydrogen-bond donors (Lipinski definition) is 3. The average Bonchev–Trinajstić information content (AvgIpc) is 3.53. The molecule has 0 aromatic heterocycles. The van der Waals surface area contributed by atoms with Gasteiger partial charge in [0.1, 0.15) is 21.7 Å². The maximum atomic E-state index is 15.0. The molecule has 7 nitrogen and oxygen atoms in total. The number of carbonyl (C=O) groups excluding carboxylic acids is 3. The van der Waals surface area contributed by atoms with Gasteiger partial charge in [0.15, 0.2) is 5.82 Å². The Hall–Kier alpha value is -3.99. The van der Waals surface area contributed by atoms with Crippen molar-refractivity contribution in [1.82, 2.24) is 0 Å². The molecular weight excluding hydrogens is 661 g/mol. The second-order valence-corrected chi connectivity index (χ2v) is 11.3. The largest absolute Gasteiger partial charge is 0.419 e. The van der Waals surface area contributed by atoms with Crippen LogP contribution in [-0.2, 0) is 15.8 Å². The molecule has 0 heterocycles. The summed E-state index contributed by atoms with van der Waals surface area (Å²) in [6, 6.07) is 9.13. The van der Waals surface area contributed by atoms with Crippen molar-refractivity contribution in [2.75, 3.05) is 16.0 Å². The number of nitriles is 1. The van der Waals surface area contributed by atoms with E-state index in [4.69, 9.17) is 40.1 Å². The molecule has 1 saturated carbocycles. The molecule has 4 rings (SSSR count). The number of nitrogens with zero attached hydrogens (tertiary/aromatic N) is 1. The maximum Gasteiger partial charge on any atom is 0.419 e. The van der Waals surface area contributed by atoms with E-state index in [0.717, 1.165) is 24.3 Å². The highest BCUT2D eigenvalue weighted by Crippen LogP contribution is 2.65. The lowest BCUT2D eigenvalue weighted by Crippen LogP contribution is -2.19. The Kier molecular flexibility index (Phi) is 9.39. The molecule has 0 radical (unpaired) electrons. The Morgan fingerprint density at radius 1 is 0.932 bits per heavy atom. The highest BCUT2D eigenvalue weighted by Gasteiger charge is 2.67. The van der Waals surface area contributed by atoms with Gasteiger partial charge in [0.25, 0.3) is 5.91 Å². The van der Waals surface area contributed by atoms with Crippen molar-refractivity contribution in [3.8, 4) is 6.07 Å². The lowest BCUT2D eigenvalue weighted by molar-refractivity contribution is -0.140. The quantitative estimate of drug-likeness (QED) is 0.167. The van der Waals surface area contributed by atoms with Gasteiger partial charge in [0, 0.05) is 24.4 Å². The van der Waals surface area contributed by atoms with Crippen LogP contribution in [-0.4, -0.2) is 22.1 Å². The van der Waals surface area contributed by atoms with Gasteiger partial charge in [-0.15, -0.1) is 23.2 Å². The molecule has 1 aliphatic rings. The number of halogens is 9. The van der Waals surface area contributed by atoms with Crippen molar-refractivity contribution in [3.63, 3.8) is 0 Å². The van der Waals surface area contributed by atoms with Crippen molar-refractivity contribution in [2.45, 2.75) is 29.3 Å². The number of amides is 3. The maximum absolute atomic E-state index is 15.0. The van der Waals surface area contributed by atoms with Crippen molar-refractivity contribution >= 4 is 69.6 Å². The van der Waals surface area contributed by atoms with Crippen molar-refractivity contribution in [3.05, 3.63) is 87.7 Å². The van der Waals surface area contributed by atoms with E-state index < -0.39 is 74.5 Å². The van der Waals surface area contributed by atoms with E-state index in [1.165, 1.54) is 12.1 Å². The second kappa shape index (κ2) is 12.6. The number of alkyl halides is 5. The van der Waals surface area contributed by atoms with Crippen LogP contribution >= 0.6 is 34.8 Å². The summed E-state index contributed by atoms with van der Waals surface area (Å²) in [5, 5.41) is 15.0. The smallest absolute Gasteiger partial charge is 0.326 e. The summed E-state index contributed by atoms with van der Waals surface area (Å²) in [6.45, 7) is 0. The third kappa shape index (κ3) is 6.88. The molecule has 0 saturated heterocycles. The van der Waals surface area contributed by atoms with Gasteiger partial charge in [-0.1, -0.05) is 17.7 Å². The van der Waals surface area contributed by atoms with E-state index in [1.54, 1.807) is 6.07 Å². The number of benzene rings is 3. The first-order valence-electron chi connectivity index (χ1n) is 12.4. The fraction of sp³-hybridized carbons (Fsp3) is 0.214. The van der Waals surface area contributed by atoms with Crippen LogP contribution in [0.2, 0.25) is 5.02 Å². The molecule has 1 fully saturated rings. The topological polar surface area (TPSA) is 111 Å². The average molecular weight is 678 g/mol. The van der Waals surface area contributed by atoms with Crippen LogP contribution in [0.15, 0.2) is 48.5 Å². The van der Waals surface area contributed by atoms with Crippen molar-refractivity contribution < 1.29 is 40.7 Å². The third-order valence-corrected chi connectivity index (χ3v) is 7.81. The highest BCUT2D eigenvalue weighted by molar-refractivity contribution is 6.53. The summed E-state index contributed by atoms with van der Waals surface area (Å²) < 4.78 is 80.6. The summed E-state index contributed by atoms with van der Waals surface area (Å²) in [5.41, 5.74) is -3.38. The molecule has 3 aromatic rings. The van der Waals surface area contributed by atoms with Crippen LogP contribution in [0, 0.1) is 34.7 Å². The SMILES string of the molecule is N#CCCC(=O)Nc1c(F)ccc(NC(=O)c2cc(NC(=O)[C@H]3[C@H](c4ccc(F)c(C(F)(F)F)c4)C3(Cl)Cl)ccc2Cl)c1F. The van der Waals surface area contributed by atoms with E-state index in [1.807, 2.05) is 5.32 Å². The van der Waals surface area contributed by atoms with Gasteiger partial charge in [-0.05, 0) is 48.0 Å². The summed E-state index contributed by atoms with van der Waals surface area (Å²) in [7, 11) is 0. The lowest BCUT2D eigenvalue weighted by atomic mass is 10.0. The minimum atomic E-state index is -5.00. The Morgan fingerprint density at radius 3 is 2.27 bits per heavy atom. The molecule has 1 aliphatic carbocycles. The molecule has 3 amide bonds. The number of rotatable bonds is 8. The zero-order valence-electron chi connectivity index (χ0n) is 21.8. The number of hydrogen-bond acceptors (Lipinski definition) is 4. The monoisotopic (exact) mass is 676 g/mol. The van der Waals surface area contributed by atoms with Gasteiger partial charge < -0.3 is 16.0 Å². The third-order valence-electron chi connectivity index (χ3n) is 6.54. The molecule has 0 unspecified atom stereocenters. The molecule has 3 aromatic carbocycles. The van der Waals surface area contributed by atoms with E-state index >= 15 is 0 Å². The fourth-order valence-corrected chi connectivity index (χ4v) is 5.37. The Labute approximate surface area is 260 Å². The Balaban J connectivity index is 1.51. The number of nitrogens with one attached hydrogen (secondary N) is 3. The van der Waals surface area contributed by atoms with E-state index in [0.29, 0.717) is 12.1 Å². The van der Waals surface area contributed by atoms with Gasteiger partial charge in [0.2, 0.25) is 11.8 Å². The molecule has 0 aliphatic heterocycles. The highest BCUT2D eigenvalue weighted by atomic mass is 35.5. The minimum absolute atomic E-state index is 0.0283. The van der Waals surface area contributed by atoms with Gasteiger partial charge in [-0.25, -0.2) is 13.2 Å².